The molecule has 7 nitrogen and oxygen atoms in total. The Bertz CT molecular complexity index is 888. The largest absolute Gasteiger partial charge is 0.378 e. The number of amides is 1. The molecule has 0 saturated carbocycles. The number of nitrogens with one attached hydrogen (secondary N) is 1. The van der Waals surface area contributed by atoms with Crippen LogP contribution in [0.2, 0.25) is 0 Å². The molecule has 0 aromatic heterocycles. The van der Waals surface area contributed by atoms with E-state index < -0.39 is 10.0 Å². The highest BCUT2D eigenvalue weighted by Gasteiger charge is 2.16. The van der Waals surface area contributed by atoms with E-state index in [9.17, 15) is 13.2 Å². The molecule has 1 aliphatic heterocycles. The zero-order chi connectivity index (χ0) is 19.4. The monoisotopic (exact) mass is 389 g/mol. The number of rotatable bonds is 5. The third kappa shape index (κ3) is 4.58. The maximum atomic E-state index is 12.6. The van der Waals surface area contributed by atoms with Crippen LogP contribution < -0.4 is 9.62 Å². The summed E-state index contributed by atoms with van der Waals surface area (Å²) in [6.07, 6.45) is 0. The second-order valence-electron chi connectivity index (χ2n) is 6.48. The average molecular weight is 389 g/mol. The minimum atomic E-state index is -3.72. The SMILES string of the molecule is CN(C)C(=O)c1ccc(S(=O)(=O)Nc2ccc(N3CCOCC3)cc2)cc1. The van der Waals surface area contributed by atoms with E-state index in [0.717, 1.165) is 18.8 Å². The standard InChI is InChI=1S/C19H23N3O4S/c1-21(2)19(23)15-3-9-18(10-4-15)27(24,25)20-16-5-7-17(8-6-16)22-11-13-26-14-12-22/h3-10,20H,11-14H2,1-2H3. The van der Waals surface area contributed by atoms with E-state index in [4.69, 9.17) is 4.74 Å². The Kier molecular flexibility index (Phi) is 5.67. The van der Waals surface area contributed by atoms with Gasteiger partial charge in [-0.3, -0.25) is 9.52 Å². The van der Waals surface area contributed by atoms with Crippen molar-refractivity contribution >= 4 is 27.3 Å². The molecule has 3 rings (SSSR count). The van der Waals surface area contributed by atoms with Crippen LogP contribution in [0.5, 0.6) is 0 Å². The van der Waals surface area contributed by atoms with Gasteiger partial charge in [-0.15, -0.1) is 0 Å². The van der Waals surface area contributed by atoms with E-state index in [2.05, 4.69) is 9.62 Å². The Morgan fingerprint density at radius 3 is 2.15 bits per heavy atom. The molecule has 27 heavy (non-hydrogen) atoms. The molecule has 8 heteroatoms. The zero-order valence-electron chi connectivity index (χ0n) is 15.4. The Morgan fingerprint density at radius 1 is 1.00 bits per heavy atom. The second kappa shape index (κ2) is 7.98. The first-order valence-corrected chi connectivity index (χ1v) is 10.1. The highest BCUT2D eigenvalue weighted by atomic mass is 32.2. The van der Waals surface area contributed by atoms with Gasteiger partial charge in [-0.1, -0.05) is 0 Å². The first-order valence-electron chi connectivity index (χ1n) is 8.64. The van der Waals surface area contributed by atoms with Crippen LogP contribution in [0.4, 0.5) is 11.4 Å². The fraction of sp³-hybridized carbons (Fsp3) is 0.316. The molecule has 1 heterocycles. The predicted molar refractivity (Wildman–Crippen MR) is 105 cm³/mol. The number of carbonyl (C=O) groups excluding carboxylic acids is 1. The summed E-state index contributed by atoms with van der Waals surface area (Å²) in [5, 5.41) is 0. The summed E-state index contributed by atoms with van der Waals surface area (Å²) >= 11 is 0. The molecule has 2 aromatic carbocycles. The van der Waals surface area contributed by atoms with Crippen molar-refractivity contribution < 1.29 is 17.9 Å². The molecule has 1 amide bonds. The Hall–Kier alpha value is -2.58. The topological polar surface area (TPSA) is 79.0 Å². The van der Waals surface area contributed by atoms with Gasteiger partial charge in [0.05, 0.1) is 18.1 Å². The number of benzene rings is 2. The summed E-state index contributed by atoms with van der Waals surface area (Å²) in [4.78, 5) is 15.7. The van der Waals surface area contributed by atoms with Crippen molar-refractivity contribution in [1.29, 1.82) is 0 Å². The first kappa shape index (κ1) is 19.2. The van der Waals surface area contributed by atoms with Gasteiger partial charge >= 0.3 is 0 Å². The number of ether oxygens (including phenoxy) is 1. The number of sulfonamides is 1. The number of hydrogen-bond donors (Lipinski definition) is 1. The molecule has 1 saturated heterocycles. The lowest BCUT2D eigenvalue weighted by atomic mass is 10.2. The normalized spacial score (nSPS) is 14.7. The molecular weight excluding hydrogens is 366 g/mol. The van der Waals surface area contributed by atoms with Crippen LogP contribution in [0.25, 0.3) is 0 Å². The molecule has 144 valence electrons. The van der Waals surface area contributed by atoms with Crippen molar-refractivity contribution in [1.82, 2.24) is 4.90 Å². The molecule has 0 unspecified atom stereocenters. The lowest BCUT2D eigenvalue weighted by Crippen LogP contribution is -2.36. The molecule has 1 N–H and O–H groups in total. The van der Waals surface area contributed by atoms with Gasteiger partial charge in [0, 0.05) is 44.1 Å². The van der Waals surface area contributed by atoms with Crippen molar-refractivity contribution in [2.75, 3.05) is 50.0 Å². The van der Waals surface area contributed by atoms with Gasteiger partial charge in [0.15, 0.2) is 0 Å². The smallest absolute Gasteiger partial charge is 0.261 e. The van der Waals surface area contributed by atoms with Gasteiger partial charge in [-0.2, -0.15) is 0 Å². The van der Waals surface area contributed by atoms with Crippen molar-refractivity contribution in [3.63, 3.8) is 0 Å². The molecule has 1 aliphatic rings. The fourth-order valence-corrected chi connectivity index (χ4v) is 3.87. The highest BCUT2D eigenvalue weighted by molar-refractivity contribution is 7.92. The van der Waals surface area contributed by atoms with Crippen LogP contribution >= 0.6 is 0 Å². The zero-order valence-corrected chi connectivity index (χ0v) is 16.2. The maximum absolute atomic E-state index is 12.6. The molecule has 0 spiro atoms. The molecular formula is C19H23N3O4S. The summed E-state index contributed by atoms with van der Waals surface area (Å²) in [5.41, 5.74) is 1.96. The third-order valence-electron chi connectivity index (χ3n) is 4.31. The van der Waals surface area contributed by atoms with Crippen LogP contribution in [0.3, 0.4) is 0 Å². The summed E-state index contributed by atoms with van der Waals surface area (Å²) in [7, 11) is -0.426. The molecule has 1 fully saturated rings. The molecule has 2 aromatic rings. The van der Waals surface area contributed by atoms with Crippen LogP contribution in [0.15, 0.2) is 53.4 Å². The van der Waals surface area contributed by atoms with Gasteiger partial charge in [0.1, 0.15) is 0 Å². The number of carbonyl (C=O) groups is 1. The lowest BCUT2D eigenvalue weighted by Gasteiger charge is -2.28. The van der Waals surface area contributed by atoms with E-state index in [1.54, 1.807) is 26.2 Å². The van der Waals surface area contributed by atoms with E-state index >= 15 is 0 Å². The molecule has 0 atom stereocenters. The Morgan fingerprint density at radius 2 is 1.59 bits per heavy atom. The maximum Gasteiger partial charge on any atom is 0.261 e. The molecule has 0 radical (unpaired) electrons. The number of morpholine rings is 1. The van der Waals surface area contributed by atoms with Crippen molar-refractivity contribution in [3.05, 3.63) is 54.1 Å². The minimum absolute atomic E-state index is 0.107. The third-order valence-corrected chi connectivity index (χ3v) is 5.71. The highest BCUT2D eigenvalue weighted by Crippen LogP contribution is 2.22. The number of hydrogen-bond acceptors (Lipinski definition) is 5. The van der Waals surface area contributed by atoms with Gasteiger partial charge in [0.25, 0.3) is 15.9 Å². The van der Waals surface area contributed by atoms with Gasteiger partial charge < -0.3 is 14.5 Å². The Balaban J connectivity index is 1.71. The summed E-state index contributed by atoms with van der Waals surface area (Å²) < 4.78 is 33.0. The molecule has 0 bridgehead atoms. The quantitative estimate of drug-likeness (QED) is 0.847. The van der Waals surface area contributed by atoms with Crippen LogP contribution in [0, 0.1) is 0 Å². The average Bonchev–Trinajstić information content (AvgIpc) is 2.68. The summed E-state index contributed by atoms with van der Waals surface area (Å²) in [6, 6.07) is 13.2. The second-order valence-corrected chi connectivity index (χ2v) is 8.16. The van der Waals surface area contributed by atoms with Crippen molar-refractivity contribution in [2.45, 2.75) is 4.90 Å². The van der Waals surface area contributed by atoms with E-state index in [1.165, 1.54) is 29.2 Å². The lowest BCUT2D eigenvalue weighted by molar-refractivity contribution is 0.0827. The van der Waals surface area contributed by atoms with Crippen molar-refractivity contribution in [2.24, 2.45) is 0 Å². The first-order chi connectivity index (χ1) is 12.9. The van der Waals surface area contributed by atoms with Crippen LogP contribution in [0.1, 0.15) is 10.4 Å². The Labute approximate surface area is 159 Å². The van der Waals surface area contributed by atoms with E-state index in [1.807, 2.05) is 12.1 Å². The molecule has 0 aliphatic carbocycles. The van der Waals surface area contributed by atoms with Crippen LogP contribution in [-0.4, -0.2) is 59.6 Å². The van der Waals surface area contributed by atoms with E-state index in [-0.39, 0.29) is 10.8 Å². The number of anilines is 2. The minimum Gasteiger partial charge on any atom is -0.378 e. The van der Waals surface area contributed by atoms with E-state index in [0.29, 0.717) is 24.5 Å². The predicted octanol–water partition coefficient (Wildman–Crippen LogP) is 2.03. The number of nitrogens with zero attached hydrogens (tertiary/aromatic N) is 2. The van der Waals surface area contributed by atoms with Crippen LogP contribution in [-0.2, 0) is 14.8 Å². The summed E-state index contributed by atoms with van der Waals surface area (Å²) in [6.45, 7) is 3.04. The van der Waals surface area contributed by atoms with Gasteiger partial charge in [-0.25, -0.2) is 8.42 Å². The summed E-state index contributed by atoms with van der Waals surface area (Å²) in [5.74, 6) is -0.175. The van der Waals surface area contributed by atoms with Gasteiger partial charge in [0.2, 0.25) is 0 Å². The fourth-order valence-electron chi connectivity index (χ4n) is 2.81. The van der Waals surface area contributed by atoms with Crippen molar-refractivity contribution in [3.8, 4) is 0 Å². The van der Waals surface area contributed by atoms with Gasteiger partial charge in [-0.05, 0) is 48.5 Å².